The Labute approximate surface area is 123 Å². The van der Waals surface area contributed by atoms with E-state index in [9.17, 15) is 14.4 Å². The summed E-state index contributed by atoms with van der Waals surface area (Å²) in [4.78, 5) is 33.8. The lowest BCUT2D eigenvalue weighted by Gasteiger charge is -2.26. The number of nitrogens with one attached hydrogen (secondary N) is 3. The molecule has 118 valence electrons. The van der Waals surface area contributed by atoms with E-state index >= 15 is 0 Å². The molecule has 0 bridgehead atoms. The van der Waals surface area contributed by atoms with Gasteiger partial charge in [-0.25, -0.2) is 4.79 Å². The Balaban J connectivity index is 1.54. The van der Waals surface area contributed by atoms with Gasteiger partial charge in [0.25, 0.3) is 0 Å². The van der Waals surface area contributed by atoms with E-state index < -0.39 is 5.97 Å². The number of hydrogen-bond donors (Lipinski definition) is 4. The molecule has 0 heterocycles. The van der Waals surface area contributed by atoms with Gasteiger partial charge < -0.3 is 21.1 Å². The lowest BCUT2D eigenvalue weighted by Crippen LogP contribution is -2.44. The number of carboxylic acid groups (broad SMARTS) is 1. The van der Waals surface area contributed by atoms with E-state index in [0.29, 0.717) is 31.3 Å². The third-order valence-electron chi connectivity index (χ3n) is 4.10. The van der Waals surface area contributed by atoms with Crippen LogP contribution < -0.4 is 16.0 Å². The Bertz CT molecular complexity index is 401. The molecule has 7 heteroatoms. The number of carboxylic acids is 1. The fourth-order valence-electron chi connectivity index (χ4n) is 2.58. The van der Waals surface area contributed by atoms with Crippen LogP contribution in [0.3, 0.4) is 0 Å². The van der Waals surface area contributed by atoms with Crippen LogP contribution in [-0.2, 0) is 9.59 Å². The normalized spacial score (nSPS) is 25.0. The van der Waals surface area contributed by atoms with Gasteiger partial charge in [0.2, 0.25) is 5.91 Å². The summed E-state index contributed by atoms with van der Waals surface area (Å²) in [7, 11) is 0. The van der Waals surface area contributed by atoms with Gasteiger partial charge in [0, 0.05) is 12.6 Å². The lowest BCUT2D eigenvalue weighted by molar-refractivity contribution is -0.143. The molecule has 0 aromatic rings. The lowest BCUT2D eigenvalue weighted by atomic mass is 9.82. The van der Waals surface area contributed by atoms with Crippen LogP contribution in [0.15, 0.2) is 0 Å². The smallest absolute Gasteiger partial charge is 0.315 e. The Morgan fingerprint density at radius 1 is 0.952 bits per heavy atom. The summed E-state index contributed by atoms with van der Waals surface area (Å²) in [6, 6.07) is -0.0481. The van der Waals surface area contributed by atoms with Crippen molar-refractivity contribution in [2.24, 2.45) is 11.8 Å². The topological polar surface area (TPSA) is 108 Å². The largest absolute Gasteiger partial charge is 0.481 e. The summed E-state index contributed by atoms with van der Waals surface area (Å²) in [5.74, 6) is -0.789. The van der Waals surface area contributed by atoms with Crippen molar-refractivity contribution in [3.63, 3.8) is 0 Å². The molecule has 0 unspecified atom stereocenters. The van der Waals surface area contributed by atoms with Crippen molar-refractivity contribution in [2.75, 3.05) is 13.1 Å². The molecule has 0 spiro atoms. The zero-order chi connectivity index (χ0) is 15.2. The highest BCUT2D eigenvalue weighted by Crippen LogP contribution is 2.28. The molecule has 0 saturated heterocycles. The van der Waals surface area contributed by atoms with Crippen molar-refractivity contribution in [3.8, 4) is 0 Å². The van der Waals surface area contributed by atoms with Crippen LogP contribution in [0.25, 0.3) is 0 Å². The molecule has 7 nitrogen and oxygen atoms in total. The molecule has 2 aliphatic rings. The summed E-state index contributed by atoms with van der Waals surface area (Å²) in [5, 5.41) is 17.0. The number of amides is 3. The molecule has 0 aliphatic heterocycles. The van der Waals surface area contributed by atoms with Crippen LogP contribution in [0.5, 0.6) is 0 Å². The van der Waals surface area contributed by atoms with E-state index in [2.05, 4.69) is 16.0 Å². The average molecular weight is 297 g/mol. The summed E-state index contributed by atoms with van der Waals surface area (Å²) >= 11 is 0. The fraction of sp³-hybridized carbons (Fsp3) is 0.786. The molecule has 2 aliphatic carbocycles. The number of hydrogen-bond acceptors (Lipinski definition) is 3. The quantitative estimate of drug-likeness (QED) is 0.571. The van der Waals surface area contributed by atoms with Gasteiger partial charge in [-0.05, 0) is 44.4 Å². The molecule has 0 aromatic carbocycles. The predicted molar refractivity (Wildman–Crippen MR) is 75.6 cm³/mol. The van der Waals surface area contributed by atoms with E-state index in [4.69, 9.17) is 5.11 Å². The molecule has 2 saturated carbocycles. The second-order valence-electron chi connectivity index (χ2n) is 5.96. The Hall–Kier alpha value is -1.79. The minimum Gasteiger partial charge on any atom is -0.481 e. The number of carbonyl (C=O) groups is 3. The van der Waals surface area contributed by atoms with Crippen molar-refractivity contribution in [1.82, 2.24) is 16.0 Å². The molecule has 0 atom stereocenters. The van der Waals surface area contributed by atoms with Crippen molar-refractivity contribution in [1.29, 1.82) is 0 Å². The van der Waals surface area contributed by atoms with E-state index in [1.165, 1.54) is 0 Å². The van der Waals surface area contributed by atoms with Crippen molar-refractivity contribution in [3.05, 3.63) is 0 Å². The molecule has 3 amide bonds. The number of aliphatic carboxylic acids is 1. The molecule has 0 aromatic heterocycles. The maximum Gasteiger partial charge on any atom is 0.315 e. The van der Waals surface area contributed by atoms with Gasteiger partial charge >= 0.3 is 12.0 Å². The van der Waals surface area contributed by atoms with Gasteiger partial charge in [0.1, 0.15) is 0 Å². The maximum absolute atomic E-state index is 11.6. The van der Waals surface area contributed by atoms with Gasteiger partial charge in [-0.15, -0.1) is 0 Å². The highest BCUT2D eigenvalue weighted by molar-refractivity contribution is 5.84. The second-order valence-corrected chi connectivity index (χ2v) is 5.96. The van der Waals surface area contributed by atoms with Crippen LogP contribution in [0.4, 0.5) is 4.79 Å². The van der Waals surface area contributed by atoms with Crippen LogP contribution in [0.2, 0.25) is 0 Å². The summed E-state index contributed by atoms with van der Waals surface area (Å²) in [5.41, 5.74) is 0. The molecule has 0 radical (unpaired) electrons. The predicted octanol–water partition coefficient (Wildman–Crippen LogP) is 0.455. The second kappa shape index (κ2) is 7.28. The fourth-order valence-corrected chi connectivity index (χ4v) is 2.58. The highest BCUT2D eigenvalue weighted by Gasteiger charge is 2.26. The first-order chi connectivity index (χ1) is 10.0. The highest BCUT2D eigenvalue weighted by atomic mass is 16.4. The van der Waals surface area contributed by atoms with Crippen molar-refractivity contribution >= 4 is 17.9 Å². The van der Waals surface area contributed by atoms with Crippen LogP contribution in [0, 0.1) is 11.8 Å². The van der Waals surface area contributed by atoms with Crippen LogP contribution in [0.1, 0.15) is 38.5 Å². The Kier molecular flexibility index (Phi) is 5.41. The average Bonchev–Trinajstić information content (AvgIpc) is 3.27. The Morgan fingerprint density at radius 2 is 1.62 bits per heavy atom. The van der Waals surface area contributed by atoms with E-state index in [0.717, 1.165) is 25.7 Å². The SMILES string of the molecule is O=C(CNC(=O)NCC1CCC(C(=O)O)CC1)NC1CC1. The monoisotopic (exact) mass is 297 g/mol. The van der Waals surface area contributed by atoms with Crippen molar-refractivity contribution < 1.29 is 19.5 Å². The first-order valence-electron chi connectivity index (χ1n) is 7.58. The van der Waals surface area contributed by atoms with Gasteiger partial charge in [0.05, 0.1) is 12.5 Å². The van der Waals surface area contributed by atoms with Gasteiger partial charge in [-0.2, -0.15) is 0 Å². The number of urea groups is 1. The minimum absolute atomic E-state index is 0.00586. The minimum atomic E-state index is -0.721. The first kappa shape index (κ1) is 15.6. The molecular weight excluding hydrogens is 274 g/mol. The standard InChI is InChI=1S/C14H23N3O4/c18-12(17-11-5-6-11)8-16-14(21)15-7-9-1-3-10(4-2-9)13(19)20/h9-11H,1-8H2,(H,17,18)(H,19,20)(H2,15,16,21). The molecular formula is C14H23N3O4. The molecule has 4 N–H and O–H groups in total. The number of carbonyl (C=O) groups excluding carboxylic acids is 2. The van der Waals surface area contributed by atoms with Gasteiger partial charge in [0.15, 0.2) is 0 Å². The maximum atomic E-state index is 11.6. The van der Waals surface area contributed by atoms with Gasteiger partial charge in [-0.1, -0.05) is 0 Å². The number of rotatable bonds is 6. The molecule has 2 fully saturated rings. The zero-order valence-corrected chi connectivity index (χ0v) is 12.1. The van der Waals surface area contributed by atoms with E-state index in [-0.39, 0.29) is 24.4 Å². The summed E-state index contributed by atoms with van der Waals surface area (Å²) < 4.78 is 0. The van der Waals surface area contributed by atoms with E-state index in [1.54, 1.807) is 0 Å². The van der Waals surface area contributed by atoms with Gasteiger partial charge in [-0.3, -0.25) is 9.59 Å². The van der Waals surface area contributed by atoms with E-state index in [1.807, 2.05) is 0 Å². The van der Waals surface area contributed by atoms with Crippen LogP contribution >= 0.6 is 0 Å². The third kappa shape index (κ3) is 5.61. The Morgan fingerprint density at radius 3 is 2.19 bits per heavy atom. The van der Waals surface area contributed by atoms with Crippen LogP contribution in [-0.4, -0.2) is 42.1 Å². The molecule has 21 heavy (non-hydrogen) atoms. The summed E-state index contributed by atoms with van der Waals surface area (Å²) in [6.45, 7) is 0.524. The summed E-state index contributed by atoms with van der Waals surface area (Å²) in [6.07, 6.45) is 5.03. The first-order valence-corrected chi connectivity index (χ1v) is 7.58. The zero-order valence-electron chi connectivity index (χ0n) is 12.1. The third-order valence-corrected chi connectivity index (χ3v) is 4.10. The molecule has 2 rings (SSSR count). The van der Waals surface area contributed by atoms with Crippen molar-refractivity contribution in [2.45, 2.75) is 44.6 Å².